The maximum atomic E-state index is 12.6. The number of nitrogens with zero attached hydrogens (tertiary/aromatic N) is 2. The van der Waals surface area contributed by atoms with Crippen LogP contribution in [0.4, 0.5) is 0 Å². The first-order chi connectivity index (χ1) is 12.5. The Balaban J connectivity index is 1.39. The summed E-state index contributed by atoms with van der Waals surface area (Å²) in [4.78, 5) is 19.3. The molecular formula is C21H26N2O2S. The molecule has 0 radical (unpaired) electrons. The number of carbonyl (C=O) groups excluding carboxylic acids is 1. The van der Waals surface area contributed by atoms with Crippen molar-refractivity contribution in [3.8, 4) is 10.6 Å². The Morgan fingerprint density at radius 1 is 1.31 bits per heavy atom. The predicted molar refractivity (Wildman–Crippen MR) is 104 cm³/mol. The number of thiazole rings is 1. The van der Waals surface area contributed by atoms with E-state index in [9.17, 15) is 9.90 Å². The highest BCUT2D eigenvalue weighted by atomic mass is 32.1. The molecule has 26 heavy (non-hydrogen) atoms. The van der Waals surface area contributed by atoms with Crippen molar-refractivity contribution in [1.82, 2.24) is 9.88 Å². The van der Waals surface area contributed by atoms with Crippen LogP contribution in [0, 0.1) is 11.8 Å². The number of likely N-dealkylation sites (tertiary alicyclic amines) is 1. The minimum absolute atomic E-state index is 0.178. The molecule has 1 aromatic heterocycles. The fourth-order valence-corrected chi connectivity index (χ4v) is 5.09. The summed E-state index contributed by atoms with van der Waals surface area (Å²) in [7, 11) is 0. The summed E-state index contributed by atoms with van der Waals surface area (Å²) in [6.45, 7) is 5.48. The van der Waals surface area contributed by atoms with Gasteiger partial charge in [-0.05, 0) is 36.2 Å². The molecule has 5 heteroatoms. The Morgan fingerprint density at radius 3 is 2.77 bits per heavy atom. The number of hydrogen-bond donors (Lipinski definition) is 1. The van der Waals surface area contributed by atoms with Crippen molar-refractivity contribution in [2.45, 2.75) is 45.1 Å². The molecule has 1 aromatic carbocycles. The first-order valence-electron chi connectivity index (χ1n) is 9.50. The van der Waals surface area contributed by atoms with E-state index in [2.05, 4.69) is 43.1 Å². The van der Waals surface area contributed by atoms with E-state index in [1.807, 2.05) is 10.3 Å². The van der Waals surface area contributed by atoms with Crippen LogP contribution < -0.4 is 0 Å². The molecule has 0 unspecified atom stereocenters. The van der Waals surface area contributed by atoms with Crippen LogP contribution in [0.25, 0.3) is 10.6 Å². The van der Waals surface area contributed by atoms with Gasteiger partial charge in [-0.2, -0.15) is 0 Å². The maximum Gasteiger partial charge on any atom is 0.228 e. The standard InChI is InChI=1S/C21H26N2O2S/c1-13(2)15-3-5-16(6-4-15)21-22-18(12-26-21)9-20(25)23-10-17-7-14(11-24)8-19(17)23/h3-6,12-14,17,19,24H,7-11H2,1-2H3/t14-,17+,19+/m1/s1. The Morgan fingerprint density at radius 2 is 2.08 bits per heavy atom. The van der Waals surface area contributed by atoms with Gasteiger partial charge in [0.15, 0.2) is 0 Å². The lowest BCUT2D eigenvalue weighted by Crippen LogP contribution is -2.56. The zero-order valence-corrected chi connectivity index (χ0v) is 16.2. The monoisotopic (exact) mass is 370 g/mol. The molecular weight excluding hydrogens is 344 g/mol. The fraction of sp³-hybridized carbons (Fsp3) is 0.524. The number of rotatable bonds is 5. The number of aliphatic hydroxyl groups is 1. The van der Waals surface area contributed by atoms with Crippen molar-refractivity contribution >= 4 is 17.2 Å². The molecule has 4 rings (SSSR count). The molecule has 2 aromatic rings. The highest BCUT2D eigenvalue weighted by Crippen LogP contribution is 2.42. The minimum atomic E-state index is 0.178. The van der Waals surface area contributed by atoms with Crippen LogP contribution in [0.15, 0.2) is 29.6 Å². The topological polar surface area (TPSA) is 53.4 Å². The summed E-state index contributed by atoms with van der Waals surface area (Å²) in [5, 5.41) is 12.3. The van der Waals surface area contributed by atoms with E-state index in [0.29, 0.717) is 30.2 Å². The van der Waals surface area contributed by atoms with Gasteiger partial charge in [-0.25, -0.2) is 4.98 Å². The molecule has 0 spiro atoms. The van der Waals surface area contributed by atoms with Crippen LogP contribution in [0.3, 0.4) is 0 Å². The summed E-state index contributed by atoms with van der Waals surface area (Å²) >= 11 is 1.60. The lowest BCUT2D eigenvalue weighted by atomic mass is 9.91. The number of aromatic nitrogens is 1. The van der Waals surface area contributed by atoms with E-state index >= 15 is 0 Å². The summed E-state index contributed by atoms with van der Waals surface area (Å²) in [5.41, 5.74) is 3.30. The lowest BCUT2D eigenvalue weighted by molar-refractivity contribution is -0.141. The van der Waals surface area contributed by atoms with E-state index in [1.165, 1.54) is 5.56 Å². The van der Waals surface area contributed by atoms with Crippen LogP contribution in [-0.2, 0) is 11.2 Å². The summed E-state index contributed by atoms with van der Waals surface area (Å²) in [6, 6.07) is 8.90. The molecule has 1 N–H and O–H groups in total. The summed E-state index contributed by atoms with van der Waals surface area (Å²) in [6.07, 6.45) is 2.41. The molecule has 0 bridgehead atoms. The molecule has 138 valence electrons. The fourth-order valence-electron chi connectivity index (χ4n) is 4.27. The molecule has 1 aliphatic heterocycles. The average Bonchev–Trinajstić information content (AvgIpc) is 3.20. The SMILES string of the molecule is CC(C)c1ccc(-c2nc(CC(=O)N3C[C@@H]4C[C@@H](CO)C[C@@H]43)cs2)cc1. The summed E-state index contributed by atoms with van der Waals surface area (Å²) < 4.78 is 0. The van der Waals surface area contributed by atoms with Gasteiger partial charge in [-0.1, -0.05) is 38.1 Å². The highest BCUT2D eigenvalue weighted by molar-refractivity contribution is 7.13. The molecule has 1 aliphatic carbocycles. The molecule has 2 heterocycles. The summed E-state index contributed by atoms with van der Waals surface area (Å²) in [5.74, 6) is 1.68. The van der Waals surface area contributed by atoms with E-state index in [4.69, 9.17) is 0 Å². The Kier molecular flexibility index (Phi) is 4.84. The molecule has 4 nitrogen and oxygen atoms in total. The van der Waals surface area contributed by atoms with Crippen molar-refractivity contribution in [3.05, 3.63) is 40.9 Å². The number of amides is 1. The number of aliphatic hydroxyl groups excluding tert-OH is 1. The second kappa shape index (κ2) is 7.12. The van der Waals surface area contributed by atoms with Crippen LogP contribution >= 0.6 is 11.3 Å². The number of carbonyl (C=O) groups is 1. The van der Waals surface area contributed by atoms with E-state index in [-0.39, 0.29) is 12.5 Å². The van der Waals surface area contributed by atoms with Crippen molar-refractivity contribution in [2.24, 2.45) is 11.8 Å². The third-order valence-electron chi connectivity index (χ3n) is 5.87. The third-order valence-corrected chi connectivity index (χ3v) is 6.81. The molecule has 1 saturated heterocycles. The van der Waals surface area contributed by atoms with Crippen molar-refractivity contribution in [1.29, 1.82) is 0 Å². The van der Waals surface area contributed by atoms with Gasteiger partial charge in [0.05, 0.1) is 12.1 Å². The molecule has 1 saturated carbocycles. The van der Waals surface area contributed by atoms with Gasteiger partial charge >= 0.3 is 0 Å². The minimum Gasteiger partial charge on any atom is -0.396 e. The second-order valence-electron chi connectivity index (χ2n) is 7.99. The van der Waals surface area contributed by atoms with Gasteiger partial charge in [0.1, 0.15) is 5.01 Å². The number of benzene rings is 1. The van der Waals surface area contributed by atoms with E-state index in [0.717, 1.165) is 35.7 Å². The van der Waals surface area contributed by atoms with Crippen molar-refractivity contribution in [2.75, 3.05) is 13.2 Å². The zero-order valence-electron chi connectivity index (χ0n) is 15.4. The largest absolute Gasteiger partial charge is 0.396 e. The van der Waals surface area contributed by atoms with Gasteiger partial charge in [-0.3, -0.25) is 4.79 Å². The predicted octanol–water partition coefficient (Wildman–Crippen LogP) is 3.71. The highest BCUT2D eigenvalue weighted by Gasteiger charge is 2.47. The first-order valence-corrected chi connectivity index (χ1v) is 10.4. The molecule has 2 fully saturated rings. The van der Waals surface area contributed by atoms with Gasteiger partial charge in [0, 0.05) is 30.1 Å². The van der Waals surface area contributed by atoms with Gasteiger partial charge in [-0.15, -0.1) is 11.3 Å². The number of fused-ring (bicyclic) bond motifs is 1. The van der Waals surface area contributed by atoms with Gasteiger partial charge in [0.2, 0.25) is 5.91 Å². The van der Waals surface area contributed by atoms with Crippen molar-refractivity contribution < 1.29 is 9.90 Å². The van der Waals surface area contributed by atoms with Crippen molar-refractivity contribution in [3.63, 3.8) is 0 Å². The molecule has 3 atom stereocenters. The Labute approximate surface area is 158 Å². The average molecular weight is 371 g/mol. The van der Waals surface area contributed by atoms with Crippen LogP contribution in [0.5, 0.6) is 0 Å². The molecule has 2 aliphatic rings. The van der Waals surface area contributed by atoms with Crippen LogP contribution in [-0.4, -0.2) is 40.1 Å². The number of hydrogen-bond acceptors (Lipinski definition) is 4. The van der Waals surface area contributed by atoms with E-state index in [1.54, 1.807) is 11.3 Å². The van der Waals surface area contributed by atoms with Gasteiger partial charge < -0.3 is 10.0 Å². The van der Waals surface area contributed by atoms with Gasteiger partial charge in [0.25, 0.3) is 0 Å². The maximum absolute atomic E-state index is 12.6. The quantitative estimate of drug-likeness (QED) is 0.873. The second-order valence-corrected chi connectivity index (χ2v) is 8.85. The molecule has 1 amide bonds. The van der Waals surface area contributed by atoms with Crippen LogP contribution in [0.2, 0.25) is 0 Å². The van der Waals surface area contributed by atoms with E-state index < -0.39 is 0 Å². The lowest BCUT2D eigenvalue weighted by Gasteiger charge is -2.44. The Hall–Kier alpha value is -1.72. The Bertz CT molecular complexity index is 784. The van der Waals surface area contributed by atoms with Crippen LogP contribution in [0.1, 0.15) is 43.9 Å². The smallest absolute Gasteiger partial charge is 0.228 e. The first kappa shape index (κ1) is 17.7. The normalized spacial score (nSPS) is 24.6. The zero-order chi connectivity index (χ0) is 18.3. The third kappa shape index (κ3) is 3.30.